The second-order valence-corrected chi connectivity index (χ2v) is 9.24. The van der Waals surface area contributed by atoms with Gasteiger partial charge in [-0.05, 0) is 72.8 Å². The Labute approximate surface area is 162 Å². The first-order valence-corrected chi connectivity index (χ1v) is 10.4. The van der Waals surface area contributed by atoms with E-state index in [1.54, 1.807) is 0 Å². The van der Waals surface area contributed by atoms with Gasteiger partial charge >= 0.3 is 5.97 Å². The Kier molecular flexibility index (Phi) is 5.97. The van der Waals surface area contributed by atoms with Gasteiger partial charge in [0, 0.05) is 12.8 Å². The fourth-order valence-electron chi connectivity index (χ4n) is 6.10. The lowest BCUT2D eigenvalue weighted by atomic mass is 9.61. The van der Waals surface area contributed by atoms with Gasteiger partial charge in [-0.1, -0.05) is 38.2 Å². The summed E-state index contributed by atoms with van der Waals surface area (Å²) >= 11 is 0. The van der Waals surface area contributed by atoms with Gasteiger partial charge in [-0.3, -0.25) is 4.79 Å². The molecule has 3 saturated carbocycles. The second kappa shape index (κ2) is 7.92. The highest BCUT2D eigenvalue weighted by Crippen LogP contribution is 2.59. The molecule has 150 valence electrons. The summed E-state index contributed by atoms with van der Waals surface area (Å²) in [6.07, 6.45) is 9.93. The third kappa shape index (κ3) is 4.07. The molecule has 4 nitrogen and oxygen atoms in total. The summed E-state index contributed by atoms with van der Waals surface area (Å²) in [5.74, 6) is 0.483. The van der Waals surface area contributed by atoms with Gasteiger partial charge in [0.15, 0.2) is 0 Å². The predicted octanol–water partition coefficient (Wildman–Crippen LogP) is 4.24. The smallest absolute Gasteiger partial charge is 0.303 e. The molecule has 3 fully saturated rings. The number of hydrogen-bond acceptors (Lipinski definition) is 3. The quantitative estimate of drug-likeness (QED) is 0.688. The highest BCUT2D eigenvalue weighted by atomic mass is 16.4. The molecule has 0 bridgehead atoms. The minimum absolute atomic E-state index is 0.181. The van der Waals surface area contributed by atoms with Crippen molar-refractivity contribution < 1.29 is 20.1 Å². The van der Waals surface area contributed by atoms with Gasteiger partial charge in [-0.15, -0.1) is 0 Å². The number of carboxylic acid groups (broad SMARTS) is 1. The molecule has 0 aromatic rings. The van der Waals surface area contributed by atoms with Crippen LogP contribution in [0.25, 0.3) is 0 Å². The summed E-state index contributed by atoms with van der Waals surface area (Å²) in [6, 6.07) is 0. The van der Waals surface area contributed by atoms with E-state index in [1.165, 1.54) is 12.0 Å². The van der Waals surface area contributed by atoms with Gasteiger partial charge in [0.2, 0.25) is 0 Å². The van der Waals surface area contributed by atoms with E-state index < -0.39 is 18.2 Å². The Morgan fingerprint density at radius 2 is 2.07 bits per heavy atom. The summed E-state index contributed by atoms with van der Waals surface area (Å²) in [4.78, 5) is 11.2. The third-order valence-corrected chi connectivity index (χ3v) is 7.49. The van der Waals surface area contributed by atoms with Crippen molar-refractivity contribution in [2.75, 3.05) is 0 Å². The van der Waals surface area contributed by atoms with Gasteiger partial charge in [0.1, 0.15) is 0 Å². The van der Waals surface area contributed by atoms with E-state index in [9.17, 15) is 20.1 Å². The lowest BCUT2D eigenvalue weighted by Crippen LogP contribution is -2.36. The number of allylic oxidation sites excluding steroid dienone is 3. The van der Waals surface area contributed by atoms with Crippen LogP contribution in [0.5, 0.6) is 0 Å². The van der Waals surface area contributed by atoms with E-state index in [0.717, 1.165) is 36.8 Å². The maximum absolute atomic E-state index is 11.2. The second-order valence-electron chi connectivity index (χ2n) is 9.24. The number of carbonyl (C=O) groups is 1. The zero-order valence-corrected chi connectivity index (χ0v) is 16.7. The fraction of sp³-hybridized carbons (Fsp3) is 0.696. The van der Waals surface area contributed by atoms with Crippen LogP contribution in [0.2, 0.25) is 0 Å². The first-order chi connectivity index (χ1) is 12.7. The van der Waals surface area contributed by atoms with E-state index in [4.69, 9.17) is 0 Å². The van der Waals surface area contributed by atoms with Crippen LogP contribution in [-0.4, -0.2) is 33.5 Å². The Balaban J connectivity index is 1.80. The Bertz CT molecular complexity index is 661. The summed E-state index contributed by atoms with van der Waals surface area (Å²) in [5, 5.41) is 29.2. The zero-order valence-electron chi connectivity index (χ0n) is 16.7. The lowest BCUT2D eigenvalue weighted by molar-refractivity contribution is -0.138. The lowest BCUT2D eigenvalue weighted by Gasteiger charge is -2.44. The number of hydrogen-bond donors (Lipinski definition) is 3. The van der Waals surface area contributed by atoms with Crippen LogP contribution in [-0.2, 0) is 4.79 Å². The molecule has 3 rings (SSSR count). The Morgan fingerprint density at radius 1 is 1.33 bits per heavy atom. The highest BCUT2D eigenvalue weighted by Gasteiger charge is 2.50. The third-order valence-electron chi connectivity index (χ3n) is 7.49. The summed E-state index contributed by atoms with van der Waals surface area (Å²) in [7, 11) is 0. The van der Waals surface area contributed by atoms with Gasteiger partial charge < -0.3 is 15.3 Å². The molecule has 0 amide bonds. The van der Waals surface area contributed by atoms with Crippen LogP contribution in [0.1, 0.15) is 65.2 Å². The molecule has 0 radical (unpaired) electrons. The van der Waals surface area contributed by atoms with Crippen molar-refractivity contribution in [1.82, 2.24) is 0 Å². The number of aliphatic carboxylic acids is 1. The molecular formula is C23H34O4. The highest BCUT2D eigenvalue weighted by molar-refractivity contribution is 5.67. The molecule has 0 heterocycles. The molecule has 0 aromatic carbocycles. The molecule has 0 aliphatic heterocycles. The van der Waals surface area contributed by atoms with Crippen molar-refractivity contribution in [3.63, 3.8) is 0 Å². The van der Waals surface area contributed by atoms with Crippen LogP contribution >= 0.6 is 0 Å². The van der Waals surface area contributed by atoms with Crippen molar-refractivity contribution in [3.05, 3.63) is 35.5 Å². The molecule has 0 unspecified atom stereocenters. The molecular weight excluding hydrogens is 340 g/mol. The molecule has 3 N–H and O–H groups in total. The monoisotopic (exact) mass is 374 g/mol. The van der Waals surface area contributed by atoms with Crippen molar-refractivity contribution in [2.24, 2.45) is 23.2 Å². The standard InChI is InChI=1S/C23H34O4/c1-14(11-22(26)27)19-8-9-20-16(5-4-10-23(19,20)3)6-7-17-12-18(24)13-21(25)15(17)2/h6-7,14,18-21,24-25H,2,4-5,8-13H2,1,3H3,(H,26,27)/b16-6-,17-7-/t14-,18-,19-,20+,21+,23-/m1/s1. The molecule has 0 saturated heterocycles. The van der Waals surface area contributed by atoms with Crippen LogP contribution in [0, 0.1) is 23.2 Å². The number of aliphatic hydroxyl groups excluding tert-OH is 2. The average molecular weight is 375 g/mol. The van der Waals surface area contributed by atoms with Crippen molar-refractivity contribution in [1.29, 1.82) is 0 Å². The number of aliphatic hydroxyl groups is 2. The zero-order chi connectivity index (χ0) is 19.8. The molecule has 0 aromatic heterocycles. The molecule has 27 heavy (non-hydrogen) atoms. The summed E-state index contributed by atoms with van der Waals surface area (Å²) in [5.41, 5.74) is 3.31. The van der Waals surface area contributed by atoms with Crippen LogP contribution < -0.4 is 0 Å². The van der Waals surface area contributed by atoms with Gasteiger partial charge in [0.05, 0.1) is 12.2 Å². The topological polar surface area (TPSA) is 77.8 Å². The largest absolute Gasteiger partial charge is 0.481 e. The minimum atomic E-state index is -0.696. The summed E-state index contributed by atoms with van der Waals surface area (Å²) in [6.45, 7) is 8.46. The molecule has 4 heteroatoms. The van der Waals surface area contributed by atoms with Gasteiger partial charge in [-0.25, -0.2) is 0 Å². The maximum atomic E-state index is 11.2. The predicted molar refractivity (Wildman–Crippen MR) is 106 cm³/mol. The molecule has 3 aliphatic rings. The van der Waals surface area contributed by atoms with E-state index in [-0.39, 0.29) is 17.8 Å². The maximum Gasteiger partial charge on any atom is 0.303 e. The van der Waals surface area contributed by atoms with Crippen molar-refractivity contribution in [3.8, 4) is 0 Å². The van der Waals surface area contributed by atoms with Crippen LogP contribution in [0.15, 0.2) is 35.5 Å². The SMILES string of the molecule is C=C1/C(=C\C=C2\CCC[C@]3(C)[C@@H]([C@H](C)CC(=O)O)CC[C@@H]23)C[C@@H](O)C[C@@H]1O. The normalized spacial score (nSPS) is 41.0. The first kappa shape index (κ1) is 20.3. The van der Waals surface area contributed by atoms with E-state index in [1.807, 2.05) is 0 Å². The number of carboxylic acids is 1. The number of fused-ring (bicyclic) bond motifs is 1. The molecule has 6 atom stereocenters. The Morgan fingerprint density at radius 3 is 2.78 bits per heavy atom. The van der Waals surface area contributed by atoms with Gasteiger partial charge in [-0.2, -0.15) is 0 Å². The molecule has 0 spiro atoms. The average Bonchev–Trinajstić information content (AvgIpc) is 2.93. The van der Waals surface area contributed by atoms with E-state index >= 15 is 0 Å². The van der Waals surface area contributed by atoms with Crippen molar-refractivity contribution in [2.45, 2.75) is 77.4 Å². The number of rotatable bonds is 4. The van der Waals surface area contributed by atoms with Crippen LogP contribution in [0.3, 0.4) is 0 Å². The van der Waals surface area contributed by atoms with Crippen LogP contribution in [0.4, 0.5) is 0 Å². The van der Waals surface area contributed by atoms with E-state index in [2.05, 4.69) is 32.6 Å². The summed E-state index contributed by atoms with van der Waals surface area (Å²) < 4.78 is 0. The van der Waals surface area contributed by atoms with E-state index in [0.29, 0.717) is 24.7 Å². The first-order valence-electron chi connectivity index (χ1n) is 10.4. The van der Waals surface area contributed by atoms with Gasteiger partial charge in [0.25, 0.3) is 0 Å². The molecule has 3 aliphatic carbocycles. The Hall–Kier alpha value is -1.39. The minimum Gasteiger partial charge on any atom is -0.481 e. The van der Waals surface area contributed by atoms with Crippen molar-refractivity contribution >= 4 is 5.97 Å². The fourth-order valence-corrected chi connectivity index (χ4v) is 6.10.